The molecule has 0 fully saturated rings. The second-order valence-electron chi connectivity index (χ2n) is 3.11. The molecule has 2 heteroatoms. The Labute approximate surface area is 80.3 Å². The smallest absolute Gasteiger partial charge is 0.307 e. The standard InChI is InChI=1S/C11H18O2/c1-5-6-7-8-9(2)10(3)13-11(4)12/h5H,1,6-8H2,2-4H3/b10-9+. The Morgan fingerprint density at radius 2 is 2.00 bits per heavy atom. The fraction of sp³-hybridized carbons (Fsp3) is 0.545. The van der Waals surface area contributed by atoms with Crippen LogP contribution in [0.15, 0.2) is 24.0 Å². The molecule has 0 spiro atoms. The lowest BCUT2D eigenvalue weighted by Gasteiger charge is -2.06. The minimum Gasteiger partial charge on any atom is -0.432 e. The van der Waals surface area contributed by atoms with E-state index in [4.69, 9.17) is 4.74 Å². The van der Waals surface area contributed by atoms with E-state index in [9.17, 15) is 4.79 Å². The van der Waals surface area contributed by atoms with Crippen molar-refractivity contribution in [3.05, 3.63) is 24.0 Å². The summed E-state index contributed by atoms with van der Waals surface area (Å²) in [5.41, 5.74) is 1.14. The molecule has 0 aliphatic heterocycles. The summed E-state index contributed by atoms with van der Waals surface area (Å²) in [6.45, 7) is 8.88. The summed E-state index contributed by atoms with van der Waals surface area (Å²) in [5.74, 6) is 0.483. The zero-order valence-corrected chi connectivity index (χ0v) is 8.72. The molecule has 0 aliphatic rings. The lowest BCUT2D eigenvalue weighted by atomic mass is 10.1. The van der Waals surface area contributed by atoms with E-state index < -0.39 is 0 Å². The van der Waals surface area contributed by atoms with Gasteiger partial charge >= 0.3 is 5.97 Å². The van der Waals surface area contributed by atoms with Gasteiger partial charge in [-0.2, -0.15) is 0 Å². The van der Waals surface area contributed by atoms with Crippen LogP contribution in [0.1, 0.15) is 40.0 Å². The van der Waals surface area contributed by atoms with Crippen LogP contribution in [0.4, 0.5) is 0 Å². The van der Waals surface area contributed by atoms with Crippen molar-refractivity contribution in [1.82, 2.24) is 0 Å². The number of hydrogen-bond acceptors (Lipinski definition) is 2. The largest absolute Gasteiger partial charge is 0.432 e. The lowest BCUT2D eigenvalue weighted by molar-refractivity contribution is -0.136. The quantitative estimate of drug-likeness (QED) is 0.282. The molecule has 0 atom stereocenters. The first-order valence-electron chi connectivity index (χ1n) is 4.53. The molecule has 0 aromatic carbocycles. The van der Waals surface area contributed by atoms with Crippen molar-refractivity contribution in [2.24, 2.45) is 0 Å². The van der Waals surface area contributed by atoms with Gasteiger partial charge in [0.15, 0.2) is 0 Å². The third-order valence-electron chi connectivity index (χ3n) is 1.86. The predicted molar refractivity (Wildman–Crippen MR) is 54.2 cm³/mol. The third kappa shape index (κ3) is 6.14. The lowest BCUT2D eigenvalue weighted by Crippen LogP contribution is -1.98. The van der Waals surface area contributed by atoms with Crippen LogP contribution in [0.3, 0.4) is 0 Å². The van der Waals surface area contributed by atoms with Crippen molar-refractivity contribution in [1.29, 1.82) is 0 Å². The van der Waals surface area contributed by atoms with Gasteiger partial charge in [0.1, 0.15) is 5.76 Å². The van der Waals surface area contributed by atoms with E-state index in [0.717, 1.165) is 30.6 Å². The van der Waals surface area contributed by atoms with Crippen LogP contribution in [-0.2, 0) is 9.53 Å². The Kier molecular flexibility index (Phi) is 5.94. The van der Waals surface area contributed by atoms with Gasteiger partial charge in [0.2, 0.25) is 0 Å². The average Bonchev–Trinajstić information content (AvgIpc) is 2.03. The fourth-order valence-electron chi connectivity index (χ4n) is 0.990. The van der Waals surface area contributed by atoms with E-state index in [1.54, 1.807) is 0 Å². The zero-order chi connectivity index (χ0) is 10.3. The molecule has 0 aromatic rings. The summed E-state index contributed by atoms with van der Waals surface area (Å²) < 4.78 is 4.96. The highest BCUT2D eigenvalue weighted by atomic mass is 16.5. The van der Waals surface area contributed by atoms with Gasteiger partial charge in [-0.3, -0.25) is 4.79 Å². The summed E-state index contributed by atoms with van der Waals surface area (Å²) in [4.78, 5) is 10.6. The van der Waals surface area contributed by atoms with E-state index in [0.29, 0.717) is 0 Å². The SMILES string of the molecule is C=CCCC/C(C)=C(\C)OC(C)=O. The Morgan fingerprint density at radius 1 is 1.38 bits per heavy atom. The maximum absolute atomic E-state index is 10.6. The van der Waals surface area contributed by atoms with Gasteiger partial charge in [-0.1, -0.05) is 6.08 Å². The van der Waals surface area contributed by atoms with E-state index in [1.807, 2.05) is 19.9 Å². The zero-order valence-electron chi connectivity index (χ0n) is 8.72. The molecular weight excluding hydrogens is 164 g/mol. The maximum atomic E-state index is 10.6. The Balaban J connectivity index is 3.95. The highest BCUT2D eigenvalue weighted by Gasteiger charge is 2.00. The van der Waals surface area contributed by atoms with Gasteiger partial charge in [-0.15, -0.1) is 6.58 Å². The minimum absolute atomic E-state index is 0.249. The Hall–Kier alpha value is -1.05. The molecule has 0 saturated carbocycles. The molecule has 0 aromatic heterocycles. The number of ether oxygens (including phenoxy) is 1. The number of rotatable bonds is 5. The van der Waals surface area contributed by atoms with Crippen molar-refractivity contribution in [2.75, 3.05) is 0 Å². The normalized spacial score (nSPS) is 11.9. The van der Waals surface area contributed by atoms with E-state index >= 15 is 0 Å². The molecule has 0 amide bonds. The summed E-state index contributed by atoms with van der Waals surface area (Å²) in [6, 6.07) is 0. The molecular formula is C11H18O2. The maximum Gasteiger partial charge on any atom is 0.307 e. The monoisotopic (exact) mass is 182 g/mol. The van der Waals surface area contributed by atoms with Gasteiger partial charge in [0.25, 0.3) is 0 Å². The first-order valence-corrected chi connectivity index (χ1v) is 4.53. The molecule has 0 N–H and O–H groups in total. The number of esters is 1. The molecule has 0 unspecified atom stereocenters. The molecule has 0 radical (unpaired) electrons. The summed E-state index contributed by atoms with van der Waals surface area (Å²) in [6.07, 6.45) is 4.93. The summed E-state index contributed by atoms with van der Waals surface area (Å²) in [5, 5.41) is 0. The van der Waals surface area contributed by atoms with Gasteiger partial charge in [0.05, 0.1) is 0 Å². The minimum atomic E-state index is -0.249. The highest BCUT2D eigenvalue weighted by molar-refractivity contribution is 5.67. The first kappa shape index (κ1) is 11.9. The second-order valence-corrected chi connectivity index (χ2v) is 3.11. The number of carbonyl (C=O) groups is 1. The average molecular weight is 182 g/mol. The summed E-state index contributed by atoms with van der Waals surface area (Å²) in [7, 11) is 0. The van der Waals surface area contributed by atoms with E-state index in [-0.39, 0.29) is 5.97 Å². The van der Waals surface area contributed by atoms with Crippen molar-refractivity contribution in [3.63, 3.8) is 0 Å². The van der Waals surface area contributed by atoms with Crippen LogP contribution in [0.2, 0.25) is 0 Å². The number of allylic oxidation sites excluding steroid dienone is 3. The van der Waals surface area contributed by atoms with Crippen molar-refractivity contribution < 1.29 is 9.53 Å². The van der Waals surface area contributed by atoms with Gasteiger partial charge in [0, 0.05) is 6.92 Å². The highest BCUT2D eigenvalue weighted by Crippen LogP contribution is 2.12. The Morgan fingerprint density at radius 3 is 2.46 bits per heavy atom. The molecule has 13 heavy (non-hydrogen) atoms. The topological polar surface area (TPSA) is 26.3 Å². The molecule has 0 heterocycles. The van der Waals surface area contributed by atoms with Crippen LogP contribution in [0.25, 0.3) is 0 Å². The predicted octanol–water partition coefficient (Wildman–Crippen LogP) is 3.20. The number of hydrogen-bond donors (Lipinski definition) is 0. The fourth-order valence-corrected chi connectivity index (χ4v) is 0.990. The van der Waals surface area contributed by atoms with Crippen LogP contribution in [0.5, 0.6) is 0 Å². The number of unbranched alkanes of at least 4 members (excludes halogenated alkanes) is 1. The van der Waals surface area contributed by atoms with Gasteiger partial charge in [-0.05, 0) is 38.7 Å². The van der Waals surface area contributed by atoms with Gasteiger partial charge in [-0.25, -0.2) is 0 Å². The van der Waals surface area contributed by atoms with E-state index in [2.05, 4.69) is 6.58 Å². The molecule has 74 valence electrons. The molecule has 0 bridgehead atoms. The van der Waals surface area contributed by atoms with Crippen LogP contribution >= 0.6 is 0 Å². The number of carbonyl (C=O) groups excluding carboxylic acids is 1. The van der Waals surface area contributed by atoms with Crippen LogP contribution < -0.4 is 0 Å². The Bertz CT molecular complexity index is 214. The molecule has 2 nitrogen and oxygen atoms in total. The van der Waals surface area contributed by atoms with Crippen molar-refractivity contribution in [3.8, 4) is 0 Å². The molecule has 0 rings (SSSR count). The summed E-state index contributed by atoms with van der Waals surface area (Å²) >= 11 is 0. The first-order chi connectivity index (χ1) is 6.07. The van der Waals surface area contributed by atoms with Crippen molar-refractivity contribution >= 4 is 5.97 Å². The van der Waals surface area contributed by atoms with Crippen LogP contribution in [-0.4, -0.2) is 5.97 Å². The second kappa shape index (κ2) is 6.46. The molecule has 0 saturated heterocycles. The third-order valence-corrected chi connectivity index (χ3v) is 1.86. The van der Waals surface area contributed by atoms with Crippen LogP contribution in [0, 0.1) is 0 Å². The van der Waals surface area contributed by atoms with E-state index in [1.165, 1.54) is 6.92 Å². The van der Waals surface area contributed by atoms with Gasteiger partial charge < -0.3 is 4.74 Å². The van der Waals surface area contributed by atoms with Crippen molar-refractivity contribution in [2.45, 2.75) is 40.0 Å². The molecule has 0 aliphatic carbocycles.